The van der Waals surface area contributed by atoms with Gasteiger partial charge in [0.2, 0.25) is 0 Å². The van der Waals surface area contributed by atoms with E-state index in [0.29, 0.717) is 0 Å². The van der Waals surface area contributed by atoms with E-state index in [1.807, 2.05) is 18.3 Å². The molecule has 0 amide bonds. The van der Waals surface area contributed by atoms with Crippen molar-refractivity contribution in [3.05, 3.63) is 35.5 Å². The molecule has 0 unspecified atom stereocenters. The van der Waals surface area contributed by atoms with Crippen molar-refractivity contribution in [1.82, 2.24) is 10.3 Å². The Labute approximate surface area is 117 Å². The summed E-state index contributed by atoms with van der Waals surface area (Å²) >= 11 is 6.05. The molecule has 4 heteroatoms. The van der Waals surface area contributed by atoms with Gasteiger partial charge < -0.3 is 10.2 Å². The van der Waals surface area contributed by atoms with Crippen LogP contribution in [-0.2, 0) is 0 Å². The van der Waals surface area contributed by atoms with Crippen LogP contribution >= 0.6 is 11.6 Å². The summed E-state index contributed by atoms with van der Waals surface area (Å²) in [6.07, 6.45) is 1.89. The monoisotopic (exact) mass is 273 g/mol. The average Bonchev–Trinajstić information content (AvgIpc) is 2.98. The van der Waals surface area contributed by atoms with Gasteiger partial charge in [-0.2, -0.15) is 0 Å². The fourth-order valence-corrected chi connectivity index (χ4v) is 3.60. The number of nitrogens with one attached hydrogen (secondary N) is 1. The fraction of sp³-hybridized carbons (Fsp3) is 0.400. The van der Waals surface area contributed by atoms with Gasteiger partial charge in [-0.05, 0) is 36.1 Å². The summed E-state index contributed by atoms with van der Waals surface area (Å²) < 4.78 is 0. The van der Waals surface area contributed by atoms with Crippen molar-refractivity contribution in [2.45, 2.75) is 0 Å². The molecule has 1 N–H and O–H groups in total. The smallest absolute Gasteiger partial charge is 0.0737 e. The van der Waals surface area contributed by atoms with Crippen LogP contribution in [0.2, 0.25) is 5.02 Å². The van der Waals surface area contributed by atoms with Gasteiger partial charge in [0.25, 0.3) is 0 Å². The SMILES string of the molecule is Clc1ccc2c(N3C[C@H]4CNC[C@H]4C3)ccnc2c1. The number of hydrogen-bond acceptors (Lipinski definition) is 3. The lowest BCUT2D eigenvalue weighted by atomic mass is 10.0. The highest BCUT2D eigenvalue weighted by molar-refractivity contribution is 6.31. The fourth-order valence-electron chi connectivity index (χ4n) is 3.43. The maximum absolute atomic E-state index is 6.05. The van der Waals surface area contributed by atoms with Crippen molar-refractivity contribution in [1.29, 1.82) is 0 Å². The predicted molar refractivity (Wildman–Crippen MR) is 78.8 cm³/mol. The van der Waals surface area contributed by atoms with Crippen molar-refractivity contribution in [3.8, 4) is 0 Å². The first-order valence-electron chi connectivity index (χ1n) is 6.81. The quantitative estimate of drug-likeness (QED) is 0.866. The number of halogens is 1. The van der Waals surface area contributed by atoms with Crippen LogP contribution in [-0.4, -0.2) is 31.2 Å². The molecule has 2 aliphatic rings. The van der Waals surface area contributed by atoms with Gasteiger partial charge in [-0.3, -0.25) is 4.98 Å². The third-order valence-electron chi connectivity index (χ3n) is 4.41. The minimum atomic E-state index is 0.750. The average molecular weight is 274 g/mol. The molecule has 2 aromatic rings. The van der Waals surface area contributed by atoms with E-state index in [-0.39, 0.29) is 0 Å². The molecule has 0 saturated carbocycles. The highest BCUT2D eigenvalue weighted by atomic mass is 35.5. The number of pyridine rings is 1. The Balaban J connectivity index is 1.75. The third-order valence-corrected chi connectivity index (χ3v) is 4.65. The molecule has 3 nitrogen and oxygen atoms in total. The summed E-state index contributed by atoms with van der Waals surface area (Å²) in [5.41, 5.74) is 2.29. The first kappa shape index (κ1) is 11.5. The van der Waals surface area contributed by atoms with Gasteiger partial charge in [0.15, 0.2) is 0 Å². The summed E-state index contributed by atoms with van der Waals surface area (Å²) in [6.45, 7) is 4.63. The normalized spacial score (nSPS) is 26.1. The van der Waals surface area contributed by atoms with Crippen LogP contribution in [0.15, 0.2) is 30.5 Å². The number of aromatic nitrogens is 1. The zero-order valence-electron chi connectivity index (χ0n) is 10.6. The molecule has 2 atom stereocenters. The minimum Gasteiger partial charge on any atom is -0.370 e. The molecule has 2 fully saturated rings. The Morgan fingerprint density at radius 2 is 1.95 bits per heavy atom. The van der Waals surface area contributed by atoms with Crippen LogP contribution < -0.4 is 10.2 Å². The molecule has 1 aromatic carbocycles. The van der Waals surface area contributed by atoms with Gasteiger partial charge in [-0.25, -0.2) is 0 Å². The Morgan fingerprint density at radius 3 is 2.74 bits per heavy atom. The molecular weight excluding hydrogens is 258 g/mol. The van der Waals surface area contributed by atoms with Crippen LogP contribution in [0.4, 0.5) is 5.69 Å². The highest BCUT2D eigenvalue weighted by Gasteiger charge is 2.36. The van der Waals surface area contributed by atoms with Crippen molar-refractivity contribution in [2.24, 2.45) is 11.8 Å². The molecule has 98 valence electrons. The van der Waals surface area contributed by atoms with Crippen LogP contribution in [0.1, 0.15) is 0 Å². The van der Waals surface area contributed by atoms with Gasteiger partial charge >= 0.3 is 0 Å². The molecule has 2 aliphatic heterocycles. The van der Waals surface area contributed by atoms with E-state index in [9.17, 15) is 0 Å². The first-order chi connectivity index (χ1) is 9.31. The van der Waals surface area contributed by atoms with Crippen LogP contribution in [0, 0.1) is 11.8 Å². The van der Waals surface area contributed by atoms with Crippen LogP contribution in [0.25, 0.3) is 10.9 Å². The van der Waals surface area contributed by atoms with Crippen molar-refractivity contribution in [2.75, 3.05) is 31.1 Å². The van der Waals surface area contributed by atoms with Gasteiger partial charge in [0.1, 0.15) is 0 Å². The van der Waals surface area contributed by atoms with Gasteiger partial charge in [-0.1, -0.05) is 11.6 Å². The van der Waals surface area contributed by atoms with Gasteiger partial charge in [-0.15, -0.1) is 0 Å². The Bertz CT molecular complexity index is 616. The van der Waals surface area contributed by atoms with Crippen molar-refractivity contribution < 1.29 is 0 Å². The zero-order chi connectivity index (χ0) is 12.8. The molecule has 0 bridgehead atoms. The lowest BCUT2D eigenvalue weighted by molar-refractivity contribution is 0.533. The second-order valence-corrected chi connectivity index (χ2v) is 6.01. The zero-order valence-corrected chi connectivity index (χ0v) is 11.4. The lowest BCUT2D eigenvalue weighted by Crippen LogP contribution is -2.25. The summed E-state index contributed by atoms with van der Waals surface area (Å²) in [6, 6.07) is 8.11. The minimum absolute atomic E-state index is 0.750. The molecule has 0 spiro atoms. The predicted octanol–water partition coefficient (Wildman–Crippen LogP) is 2.54. The molecule has 19 heavy (non-hydrogen) atoms. The summed E-state index contributed by atoms with van der Waals surface area (Å²) in [5, 5.41) is 5.44. The summed E-state index contributed by atoms with van der Waals surface area (Å²) in [4.78, 5) is 6.93. The number of benzene rings is 1. The number of rotatable bonds is 1. The Kier molecular flexibility index (Phi) is 2.64. The number of anilines is 1. The van der Waals surface area contributed by atoms with Crippen molar-refractivity contribution >= 4 is 28.2 Å². The molecule has 1 aromatic heterocycles. The standard InChI is InChI=1S/C15H16ClN3/c16-12-1-2-13-14(5-12)18-4-3-15(13)19-8-10-6-17-7-11(10)9-19/h1-5,10-11,17H,6-9H2/t10-,11+. The topological polar surface area (TPSA) is 28.2 Å². The van der Waals surface area contributed by atoms with E-state index in [1.165, 1.54) is 11.1 Å². The lowest BCUT2D eigenvalue weighted by Gasteiger charge is -2.21. The van der Waals surface area contributed by atoms with Crippen LogP contribution in [0.5, 0.6) is 0 Å². The van der Waals surface area contributed by atoms with E-state index in [1.54, 1.807) is 0 Å². The Hall–Kier alpha value is -1.32. The summed E-state index contributed by atoms with van der Waals surface area (Å²) in [7, 11) is 0. The maximum atomic E-state index is 6.05. The van der Waals surface area contributed by atoms with E-state index in [0.717, 1.165) is 48.6 Å². The van der Waals surface area contributed by atoms with Gasteiger partial charge in [0.05, 0.1) is 5.52 Å². The van der Waals surface area contributed by atoms with E-state index < -0.39 is 0 Å². The second-order valence-electron chi connectivity index (χ2n) is 5.57. The van der Waals surface area contributed by atoms with E-state index in [2.05, 4.69) is 27.3 Å². The number of hydrogen-bond donors (Lipinski definition) is 1. The molecule has 0 radical (unpaired) electrons. The number of fused-ring (bicyclic) bond motifs is 2. The maximum Gasteiger partial charge on any atom is 0.0737 e. The second kappa shape index (κ2) is 4.36. The number of nitrogens with zero attached hydrogens (tertiary/aromatic N) is 2. The van der Waals surface area contributed by atoms with E-state index in [4.69, 9.17) is 11.6 Å². The van der Waals surface area contributed by atoms with Gasteiger partial charge in [0, 0.05) is 48.5 Å². The molecule has 2 saturated heterocycles. The molecule has 3 heterocycles. The molecule has 4 rings (SSSR count). The summed E-state index contributed by atoms with van der Waals surface area (Å²) in [5.74, 6) is 1.60. The van der Waals surface area contributed by atoms with Crippen molar-refractivity contribution in [3.63, 3.8) is 0 Å². The molecular formula is C15H16ClN3. The first-order valence-corrected chi connectivity index (χ1v) is 7.19. The largest absolute Gasteiger partial charge is 0.370 e. The van der Waals surface area contributed by atoms with E-state index >= 15 is 0 Å². The van der Waals surface area contributed by atoms with Crippen LogP contribution in [0.3, 0.4) is 0 Å². The highest BCUT2D eigenvalue weighted by Crippen LogP contribution is 2.34. The Morgan fingerprint density at radius 1 is 1.16 bits per heavy atom. The molecule has 0 aliphatic carbocycles. The third kappa shape index (κ3) is 1.88.